The fourth-order valence-corrected chi connectivity index (χ4v) is 2.60. The minimum Gasteiger partial charge on any atom is -0.483 e. The molecule has 0 aromatic rings. The van der Waals surface area contributed by atoms with Crippen LogP contribution in [0.25, 0.3) is 0 Å². The number of aliphatic hydroxyl groups is 2. The average Bonchev–Trinajstić information content (AvgIpc) is 2.39. The predicted octanol–water partition coefficient (Wildman–Crippen LogP) is -0.413. The number of rotatable bonds is 6. The summed E-state index contributed by atoms with van der Waals surface area (Å²) in [5, 5.41) is 21.5. The van der Waals surface area contributed by atoms with Crippen molar-refractivity contribution < 1.29 is 23.4 Å². The average molecular weight is 333 g/mol. The largest absolute Gasteiger partial charge is 0.483 e. The Morgan fingerprint density at radius 3 is 2.64 bits per heavy atom. The zero-order valence-corrected chi connectivity index (χ0v) is 13.8. The van der Waals surface area contributed by atoms with Gasteiger partial charge < -0.3 is 20.3 Å². The molecule has 2 atom stereocenters. The van der Waals surface area contributed by atoms with E-state index >= 15 is 0 Å². The zero-order chi connectivity index (χ0) is 17.1. The molecule has 1 aliphatic heterocycles. The molecular weight excluding hydrogens is 310 g/mol. The molecule has 22 heavy (non-hydrogen) atoms. The molecule has 126 valence electrons. The van der Waals surface area contributed by atoms with Crippen molar-refractivity contribution in [3.8, 4) is 0 Å². The molecule has 0 spiro atoms. The molecule has 8 nitrogen and oxygen atoms in total. The van der Waals surface area contributed by atoms with Crippen LogP contribution < -0.4 is 5.32 Å². The monoisotopic (exact) mass is 333 g/mol. The van der Waals surface area contributed by atoms with Gasteiger partial charge in [-0.1, -0.05) is 27.0 Å². The lowest BCUT2D eigenvalue weighted by atomic mass is 10.2. The van der Waals surface area contributed by atoms with Crippen molar-refractivity contribution in [2.75, 3.05) is 19.4 Å². The van der Waals surface area contributed by atoms with Gasteiger partial charge in [0.05, 0.1) is 19.4 Å². The minimum absolute atomic E-state index is 0.0118. The summed E-state index contributed by atoms with van der Waals surface area (Å²) in [7, 11) is -3.62. The van der Waals surface area contributed by atoms with Gasteiger partial charge in [-0.3, -0.25) is 0 Å². The van der Waals surface area contributed by atoms with E-state index in [0.29, 0.717) is 0 Å². The highest BCUT2D eigenvalue weighted by Crippen LogP contribution is 2.19. The highest BCUT2D eigenvalue weighted by molar-refractivity contribution is 7.88. The number of hydrogen-bond donors (Lipinski definition) is 3. The van der Waals surface area contributed by atoms with Gasteiger partial charge in [-0.05, 0) is 5.92 Å². The standard InChI is InChI=1S/C13H23N3O5S/c1-8(2)13(18)15-10(4)14-12-9(3)21-11(7-17)6-16(12)22(5,19)20/h8,11,13,15,17-18H,3-4,6-7H2,1-2,5H3/b14-12+/t11-,13?/m1/s1. The highest BCUT2D eigenvalue weighted by atomic mass is 32.2. The van der Waals surface area contributed by atoms with E-state index < -0.39 is 22.4 Å². The lowest BCUT2D eigenvalue weighted by molar-refractivity contribution is 0.0476. The van der Waals surface area contributed by atoms with Gasteiger partial charge in [0.25, 0.3) is 0 Å². The second-order valence-corrected chi connectivity index (χ2v) is 7.26. The first-order chi connectivity index (χ1) is 10.1. The molecule has 3 N–H and O–H groups in total. The van der Waals surface area contributed by atoms with E-state index in [2.05, 4.69) is 23.5 Å². The third kappa shape index (κ3) is 4.72. The Labute approximate surface area is 130 Å². The topological polar surface area (TPSA) is 111 Å². The van der Waals surface area contributed by atoms with E-state index in [4.69, 9.17) is 9.84 Å². The van der Waals surface area contributed by atoms with Crippen LogP contribution in [0.4, 0.5) is 0 Å². The maximum atomic E-state index is 11.9. The second kappa shape index (κ2) is 7.12. The predicted molar refractivity (Wildman–Crippen MR) is 83.2 cm³/mol. The van der Waals surface area contributed by atoms with Gasteiger partial charge in [-0.25, -0.2) is 17.7 Å². The summed E-state index contributed by atoms with van der Waals surface area (Å²) in [5.41, 5.74) is 0. The third-order valence-corrected chi connectivity index (χ3v) is 4.08. The van der Waals surface area contributed by atoms with Crippen molar-refractivity contribution in [2.24, 2.45) is 10.9 Å². The Hall–Kier alpha value is -1.58. The Bertz CT molecular complexity index is 570. The molecule has 1 aliphatic rings. The lowest BCUT2D eigenvalue weighted by Gasteiger charge is -2.34. The van der Waals surface area contributed by atoms with Crippen LogP contribution in [0.2, 0.25) is 0 Å². The van der Waals surface area contributed by atoms with E-state index in [1.165, 1.54) is 0 Å². The first-order valence-electron chi connectivity index (χ1n) is 6.73. The van der Waals surface area contributed by atoms with E-state index in [1.807, 2.05) is 0 Å². The Morgan fingerprint density at radius 1 is 1.59 bits per heavy atom. The van der Waals surface area contributed by atoms with Gasteiger partial charge in [0.15, 0.2) is 11.6 Å². The lowest BCUT2D eigenvalue weighted by Crippen LogP contribution is -2.49. The van der Waals surface area contributed by atoms with E-state index in [-0.39, 0.29) is 36.5 Å². The van der Waals surface area contributed by atoms with Gasteiger partial charge in [-0.2, -0.15) is 0 Å². The summed E-state index contributed by atoms with van der Waals surface area (Å²) in [6.07, 6.45) is -0.551. The fourth-order valence-electron chi connectivity index (χ4n) is 1.70. The number of morpholine rings is 1. The van der Waals surface area contributed by atoms with Crippen molar-refractivity contribution in [3.05, 3.63) is 24.7 Å². The van der Waals surface area contributed by atoms with Crippen molar-refractivity contribution in [1.82, 2.24) is 9.62 Å². The molecule has 1 fully saturated rings. The molecule has 0 amide bonds. The van der Waals surface area contributed by atoms with Crippen LogP contribution in [-0.4, -0.2) is 60.5 Å². The van der Waals surface area contributed by atoms with Crippen LogP contribution in [0, 0.1) is 5.92 Å². The van der Waals surface area contributed by atoms with Crippen molar-refractivity contribution in [2.45, 2.75) is 26.2 Å². The molecule has 0 bridgehead atoms. The molecule has 1 saturated heterocycles. The normalized spacial score (nSPS) is 22.6. The third-order valence-electron chi connectivity index (χ3n) is 2.95. The van der Waals surface area contributed by atoms with Gasteiger partial charge in [0.1, 0.15) is 18.2 Å². The van der Waals surface area contributed by atoms with Crippen LogP contribution >= 0.6 is 0 Å². The Kier molecular flexibility index (Phi) is 5.98. The SMILES string of the molecule is C=C(/N=C1\C(=C)O[C@@H](CO)CN1S(C)(=O)=O)NC(O)C(C)C. The van der Waals surface area contributed by atoms with Crippen LogP contribution in [-0.2, 0) is 14.8 Å². The molecule has 0 radical (unpaired) electrons. The van der Waals surface area contributed by atoms with Gasteiger partial charge >= 0.3 is 0 Å². The highest BCUT2D eigenvalue weighted by Gasteiger charge is 2.34. The smallest absolute Gasteiger partial charge is 0.233 e. The molecule has 0 aliphatic carbocycles. The second-order valence-electron chi connectivity index (χ2n) is 5.36. The van der Waals surface area contributed by atoms with Gasteiger partial charge in [-0.15, -0.1) is 0 Å². The quantitative estimate of drug-likeness (QED) is 0.570. The zero-order valence-electron chi connectivity index (χ0n) is 13.0. The number of aliphatic hydroxyl groups excluding tert-OH is 2. The number of amidine groups is 1. The Balaban J connectivity index is 3.04. The summed E-state index contributed by atoms with van der Waals surface area (Å²) >= 11 is 0. The number of nitrogens with one attached hydrogen (secondary N) is 1. The molecule has 0 saturated carbocycles. The van der Waals surface area contributed by atoms with Crippen LogP contribution in [0.1, 0.15) is 13.8 Å². The van der Waals surface area contributed by atoms with E-state index in [9.17, 15) is 13.5 Å². The number of aliphatic imine (C=N–C) groups is 1. The van der Waals surface area contributed by atoms with Gasteiger partial charge in [0.2, 0.25) is 10.0 Å². The summed E-state index contributed by atoms with van der Waals surface area (Å²) in [4.78, 5) is 4.05. The van der Waals surface area contributed by atoms with Crippen LogP contribution in [0.15, 0.2) is 29.7 Å². The first kappa shape index (κ1) is 18.5. The summed E-state index contributed by atoms with van der Waals surface area (Å²) in [6, 6.07) is 0. The van der Waals surface area contributed by atoms with Crippen molar-refractivity contribution in [1.29, 1.82) is 0 Å². The fraction of sp³-hybridized carbons (Fsp3) is 0.615. The Morgan fingerprint density at radius 2 is 2.18 bits per heavy atom. The number of nitrogens with zero attached hydrogens (tertiary/aromatic N) is 2. The maximum absolute atomic E-state index is 11.9. The summed E-state index contributed by atoms with van der Waals surface area (Å²) < 4.78 is 30.1. The van der Waals surface area contributed by atoms with Crippen LogP contribution in [0.3, 0.4) is 0 Å². The summed E-state index contributed by atoms with van der Waals surface area (Å²) in [5.74, 6) is -0.0112. The van der Waals surface area contributed by atoms with Crippen molar-refractivity contribution in [3.63, 3.8) is 0 Å². The molecule has 0 aromatic carbocycles. The molecule has 1 unspecified atom stereocenters. The van der Waals surface area contributed by atoms with Crippen molar-refractivity contribution >= 4 is 15.9 Å². The van der Waals surface area contributed by atoms with Gasteiger partial charge in [0, 0.05) is 0 Å². The maximum Gasteiger partial charge on any atom is 0.233 e. The van der Waals surface area contributed by atoms with E-state index in [0.717, 1.165) is 10.6 Å². The first-order valence-corrected chi connectivity index (χ1v) is 8.57. The number of hydrogen-bond acceptors (Lipinski definition) is 7. The molecular formula is C13H23N3O5S. The van der Waals surface area contributed by atoms with Crippen LogP contribution in [0.5, 0.6) is 0 Å². The summed E-state index contributed by atoms with van der Waals surface area (Å²) in [6.45, 7) is 10.4. The molecule has 1 rings (SSSR count). The molecule has 9 heteroatoms. The van der Waals surface area contributed by atoms with E-state index in [1.54, 1.807) is 13.8 Å². The molecule has 1 heterocycles. The molecule has 0 aromatic heterocycles. The number of ether oxygens (including phenoxy) is 1. The minimum atomic E-state index is -3.62. The number of sulfonamides is 1.